The predicted octanol–water partition coefficient (Wildman–Crippen LogP) is 3.72. The van der Waals surface area contributed by atoms with Crippen LogP contribution in [0, 0.1) is 11.7 Å². The fourth-order valence-electron chi connectivity index (χ4n) is 3.31. The molecule has 2 rings (SSSR count). The Morgan fingerprint density at radius 3 is 2.50 bits per heavy atom. The first-order chi connectivity index (χ1) is 13.1. The van der Waals surface area contributed by atoms with Crippen LogP contribution in [0.4, 0.5) is 4.39 Å². The van der Waals surface area contributed by atoms with Gasteiger partial charge < -0.3 is 20.1 Å². The van der Waals surface area contributed by atoms with E-state index in [0.717, 1.165) is 70.3 Å². The van der Waals surface area contributed by atoms with Crippen molar-refractivity contribution < 1.29 is 13.9 Å². The molecular weight excluding hydrogens is 472 g/mol. The second-order valence-electron chi connectivity index (χ2n) is 7.57. The molecule has 1 aliphatic heterocycles. The Balaban J connectivity index is 0.00000392. The minimum Gasteiger partial charge on any atom is -0.381 e. The van der Waals surface area contributed by atoms with E-state index < -0.39 is 0 Å². The molecule has 0 saturated carbocycles. The standard InChI is InChI=1S/C21H34FN3O2.HI/c1-17(2)15-27-12-4-11-24-20(23-3)25-16-21(9-13-26-14-10-21)18-5-7-19(22)8-6-18;/h5-8,17H,4,9-16H2,1-3H3,(H2,23,24,25);1H. The molecule has 1 aromatic rings. The van der Waals surface area contributed by atoms with Crippen LogP contribution >= 0.6 is 24.0 Å². The number of aliphatic imine (C=N–C) groups is 1. The van der Waals surface area contributed by atoms with Crippen LogP contribution in [0.2, 0.25) is 0 Å². The summed E-state index contributed by atoms with van der Waals surface area (Å²) in [6.45, 7) is 8.84. The number of ether oxygens (including phenoxy) is 2. The lowest BCUT2D eigenvalue weighted by Gasteiger charge is -2.38. The summed E-state index contributed by atoms with van der Waals surface area (Å²) in [4.78, 5) is 4.32. The molecule has 1 saturated heterocycles. The van der Waals surface area contributed by atoms with Crippen molar-refractivity contribution in [2.75, 3.05) is 46.6 Å². The summed E-state index contributed by atoms with van der Waals surface area (Å²) in [6.07, 6.45) is 2.75. The molecule has 0 radical (unpaired) electrons. The summed E-state index contributed by atoms with van der Waals surface area (Å²) >= 11 is 0. The Labute approximate surface area is 185 Å². The maximum absolute atomic E-state index is 13.3. The van der Waals surface area contributed by atoms with Crippen molar-refractivity contribution in [3.05, 3.63) is 35.6 Å². The zero-order valence-electron chi connectivity index (χ0n) is 17.3. The average Bonchev–Trinajstić information content (AvgIpc) is 2.68. The highest BCUT2D eigenvalue weighted by atomic mass is 127. The molecule has 0 aliphatic carbocycles. The number of hydrogen-bond donors (Lipinski definition) is 2. The van der Waals surface area contributed by atoms with E-state index in [1.807, 2.05) is 12.1 Å². The van der Waals surface area contributed by atoms with Crippen molar-refractivity contribution in [2.45, 2.75) is 38.5 Å². The maximum Gasteiger partial charge on any atom is 0.191 e. The highest BCUT2D eigenvalue weighted by Gasteiger charge is 2.34. The summed E-state index contributed by atoms with van der Waals surface area (Å²) in [6, 6.07) is 6.86. The largest absolute Gasteiger partial charge is 0.381 e. The first kappa shape index (κ1) is 25.1. The van der Waals surface area contributed by atoms with Crippen molar-refractivity contribution in [1.82, 2.24) is 10.6 Å². The first-order valence-corrected chi connectivity index (χ1v) is 9.92. The SMILES string of the molecule is CN=C(NCCCOCC(C)C)NCC1(c2ccc(F)cc2)CCOCC1.I. The molecule has 0 unspecified atom stereocenters. The topological polar surface area (TPSA) is 54.9 Å². The van der Waals surface area contributed by atoms with Gasteiger partial charge in [0.1, 0.15) is 5.82 Å². The fourth-order valence-corrected chi connectivity index (χ4v) is 3.31. The smallest absolute Gasteiger partial charge is 0.191 e. The van der Waals surface area contributed by atoms with Gasteiger partial charge in [0.2, 0.25) is 0 Å². The number of benzene rings is 1. The van der Waals surface area contributed by atoms with Gasteiger partial charge in [0.15, 0.2) is 5.96 Å². The summed E-state index contributed by atoms with van der Waals surface area (Å²) < 4.78 is 24.5. The molecule has 1 aromatic carbocycles. The van der Waals surface area contributed by atoms with Crippen LogP contribution in [0.1, 0.15) is 38.7 Å². The number of nitrogens with one attached hydrogen (secondary N) is 2. The number of halogens is 2. The van der Waals surface area contributed by atoms with Gasteiger partial charge in [0.25, 0.3) is 0 Å². The molecule has 7 heteroatoms. The fraction of sp³-hybridized carbons (Fsp3) is 0.667. The second kappa shape index (κ2) is 13.3. The Morgan fingerprint density at radius 2 is 1.89 bits per heavy atom. The molecule has 5 nitrogen and oxygen atoms in total. The molecular formula is C21H35FIN3O2. The van der Waals surface area contributed by atoms with Crippen LogP contribution < -0.4 is 10.6 Å². The minimum absolute atomic E-state index is 0. The van der Waals surface area contributed by atoms with Gasteiger partial charge in [-0.3, -0.25) is 4.99 Å². The third-order valence-electron chi connectivity index (χ3n) is 4.93. The van der Waals surface area contributed by atoms with Gasteiger partial charge in [0.05, 0.1) is 0 Å². The molecule has 160 valence electrons. The van der Waals surface area contributed by atoms with Crippen molar-refractivity contribution in [3.63, 3.8) is 0 Å². The average molecular weight is 507 g/mol. The Hall–Kier alpha value is -0.930. The van der Waals surface area contributed by atoms with Gasteiger partial charge in [0, 0.05) is 52.0 Å². The van der Waals surface area contributed by atoms with Gasteiger partial charge in [-0.25, -0.2) is 4.39 Å². The first-order valence-electron chi connectivity index (χ1n) is 9.92. The molecule has 0 aromatic heterocycles. The third kappa shape index (κ3) is 8.21. The second-order valence-corrected chi connectivity index (χ2v) is 7.57. The summed E-state index contributed by atoms with van der Waals surface area (Å²) in [5, 5.41) is 6.79. The monoisotopic (exact) mass is 507 g/mol. The van der Waals surface area contributed by atoms with Crippen LogP contribution in [0.3, 0.4) is 0 Å². The molecule has 1 heterocycles. The van der Waals surface area contributed by atoms with Crippen LogP contribution in [-0.2, 0) is 14.9 Å². The molecule has 0 bridgehead atoms. The van der Waals surface area contributed by atoms with Crippen molar-refractivity contribution >= 4 is 29.9 Å². The van der Waals surface area contributed by atoms with Gasteiger partial charge in [-0.1, -0.05) is 26.0 Å². The van der Waals surface area contributed by atoms with Crippen LogP contribution in [-0.4, -0.2) is 52.5 Å². The number of hydrogen-bond acceptors (Lipinski definition) is 3. The molecule has 0 spiro atoms. The highest BCUT2D eigenvalue weighted by Crippen LogP contribution is 2.34. The highest BCUT2D eigenvalue weighted by molar-refractivity contribution is 14.0. The van der Waals surface area contributed by atoms with E-state index in [0.29, 0.717) is 5.92 Å². The van der Waals surface area contributed by atoms with E-state index in [4.69, 9.17) is 9.47 Å². The van der Waals surface area contributed by atoms with Crippen molar-refractivity contribution in [2.24, 2.45) is 10.9 Å². The van der Waals surface area contributed by atoms with E-state index >= 15 is 0 Å². The molecule has 0 amide bonds. The summed E-state index contributed by atoms with van der Waals surface area (Å²) in [5.41, 5.74) is 1.08. The van der Waals surface area contributed by atoms with E-state index in [1.165, 1.54) is 12.1 Å². The summed E-state index contributed by atoms with van der Waals surface area (Å²) in [7, 11) is 1.78. The lowest BCUT2D eigenvalue weighted by Crippen LogP contribution is -2.48. The van der Waals surface area contributed by atoms with Crippen molar-refractivity contribution in [1.29, 1.82) is 0 Å². The zero-order chi connectivity index (χ0) is 19.5. The van der Waals surface area contributed by atoms with E-state index in [-0.39, 0.29) is 35.2 Å². The lowest BCUT2D eigenvalue weighted by atomic mass is 9.74. The van der Waals surface area contributed by atoms with Crippen molar-refractivity contribution in [3.8, 4) is 0 Å². The van der Waals surface area contributed by atoms with Gasteiger partial charge in [-0.2, -0.15) is 0 Å². The van der Waals surface area contributed by atoms with Crippen LogP contribution in [0.25, 0.3) is 0 Å². The normalized spacial score (nSPS) is 16.5. The Morgan fingerprint density at radius 1 is 1.21 bits per heavy atom. The van der Waals surface area contributed by atoms with E-state index in [1.54, 1.807) is 7.05 Å². The number of rotatable bonds is 9. The third-order valence-corrected chi connectivity index (χ3v) is 4.93. The lowest BCUT2D eigenvalue weighted by molar-refractivity contribution is 0.0513. The molecule has 28 heavy (non-hydrogen) atoms. The van der Waals surface area contributed by atoms with Gasteiger partial charge in [-0.05, 0) is 42.9 Å². The minimum atomic E-state index is -0.203. The number of nitrogens with zero attached hydrogens (tertiary/aromatic N) is 1. The van der Waals surface area contributed by atoms with Crippen LogP contribution in [0.15, 0.2) is 29.3 Å². The molecule has 2 N–H and O–H groups in total. The van der Waals surface area contributed by atoms with E-state index in [9.17, 15) is 4.39 Å². The van der Waals surface area contributed by atoms with E-state index in [2.05, 4.69) is 29.5 Å². The summed E-state index contributed by atoms with van der Waals surface area (Å²) in [5.74, 6) is 1.15. The predicted molar refractivity (Wildman–Crippen MR) is 123 cm³/mol. The van der Waals surface area contributed by atoms with Gasteiger partial charge >= 0.3 is 0 Å². The quantitative estimate of drug-likeness (QED) is 0.232. The Bertz CT molecular complexity index is 576. The molecule has 1 aliphatic rings. The maximum atomic E-state index is 13.3. The zero-order valence-corrected chi connectivity index (χ0v) is 19.6. The van der Waals surface area contributed by atoms with Gasteiger partial charge in [-0.15, -0.1) is 24.0 Å². The molecule has 1 fully saturated rings. The Kier molecular flexibility index (Phi) is 11.9. The number of guanidine groups is 1. The van der Waals surface area contributed by atoms with Crippen LogP contribution in [0.5, 0.6) is 0 Å². The molecule has 0 atom stereocenters.